The fraction of sp³-hybridized carbons (Fsp3) is 0.600. The first-order chi connectivity index (χ1) is 13.2. The van der Waals surface area contributed by atoms with Gasteiger partial charge < -0.3 is 25.4 Å². The van der Waals surface area contributed by atoms with E-state index in [2.05, 4.69) is 27.9 Å². The maximum Gasteiger partial charge on any atom is 0.251 e. The molecule has 0 aliphatic heterocycles. The quantitative estimate of drug-likeness (QED) is 0.278. The molecule has 0 aliphatic carbocycles. The lowest BCUT2D eigenvalue weighted by Gasteiger charge is -2.12. The summed E-state index contributed by atoms with van der Waals surface area (Å²) in [5.74, 6) is 1.38. The number of hydrogen-bond acceptors (Lipinski definition) is 4. The molecule has 0 unspecified atom stereocenters. The zero-order chi connectivity index (χ0) is 19.7. The zero-order valence-electron chi connectivity index (χ0n) is 16.8. The van der Waals surface area contributed by atoms with E-state index >= 15 is 0 Å². The summed E-state index contributed by atoms with van der Waals surface area (Å²) in [7, 11) is 1.60. The van der Waals surface area contributed by atoms with Crippen LogP contribution in [-0.2, 0) is 4.74 Å². The lowest BCUT2D eigenvalue weighted by molar-refractivity contribution is 0.0954. The SMILES string of the molecule is CCCCOCCCN=C(NCC)NCCNC(=O)c1ccc(OC)cc1. The van der Waals surface area contributed by atoms with Crippen LogP contribution in [0.1, 0.15) is 43.5 Å². The first-order valence-electron chi connectivity index (χ1n) is 9.73. The first-order valence-corrected chi connectivity index (χ1v) is 9.73. The number of unbranched alkanes of at least 4 members (excludes halogenated alkanes) is 1. The molecule has 1 amide bonds. The highest BCUT2D eigenvalue weighted by atomic mass is 16.5. The van der Waals surface area contributed by atoms with E-state index in [0.717, 1.165) is 50.7 Å². The Morgan fingerprint density at radius 3 is 2.37 bits per heavy atom. The first kappa shape index (κ1) is 22.8. The van der Waals surface area contributed by atoms with E-state index in [0.29, 0.717) is 25.2 Å². The molecule has 7 nitrogen and oxygen atoms in total. The van der Waals surface area contributed by atoms with Crippen LogP contribution in [0, 0.1) is 0 Å². The Kier molecular flexibility index (Phi) is 12.5. The summed E-state index contributed by atoms with van der Waals surface area (Å²) in [5.41, 5.74) is 0.611. The number of guanidine groups is 1. The molecule has 0 atom stereocenters. The maximum atomic E-state index is 12.1. The summed E-state index contributed by atoms with van der Waals surface area (Å²) in [5, 5.41) is 9.30. The number of aliphatic imine (C=N–C) groups is 1. The van der Waals surface area contributed by atoms with Gasteiger partial charge in [-0.15, -0.1) is 0 Å². The average molecular weight is 379 g/mol. The number of hydrogen-bond donors (Lipinski definition) is 3. The Hall–Kier alpha value is -2.28. The van der Waals surface area contributed by atoms with E-state index in [1.165, 1.54) is 0 Å². The molecular formula is C20H34N4O3. The van der Waals surface area contributed by atoms with Crippen LogP contribution in [-0.4, -0.2) is 58.4 Å². The number of ether oxygens (including phenoxy) is 2. The molecule has 1 rings (SSSR count). The van der Waals surface area contributed by atoms with Crippen LogP contribution >= 0.6 is 0 Å². The molecule has 7 heteroatoms. The highest BCUT2D eigenvalue weighted by Gasteiger charge is 2.05. The Bertz CT molecular complexity index is 547. The van der Waals surface area contributed by atoms with Gasteiger partial charge in [0.05, 0.1) is 7.11 Å². The lowest BCUT2D eigenvalue weighted by Crippen LogP contribution is -2.41. The largest absolute Gasteiger partial charge is 0.497 e. The van der Waals surface area contributed by atoms with E-state index in [4.69, 9.17) is 9.47 Å². The van der Waals surface area contributed by atoms with Crippen LogP contribution in [0.3, 0.4) is 0 Å². The van der Waals surface area contributed by atoms with Crippen LogP contribution in [0.25, 0.3) is 0 Å². The Balaban J connectivity index is 2.24. The van der Waals surface area contributed by atoms with Gasteiger partial charge in [0.2, 0.25) is 0 Å². The minimum absolute atomic E-state index is 0.106. The van der Waals surface area contributed by atoms with Gasteiger partial charge in [0.1, 0.15) is 5.75 Å². The van der Waals surface area contributed by atoms with Crippen molar-refractivity contribution in [1.29, 1.82) is 0 Å². The van der Waals surface area contributed by atoms with E-state index in [-0.39, 0.29) is 5.91 Å². The molecule has 0 spiro atoms. The van der Waals surface area contributed by atoms with Crippen LogP contribution < -0.4 is 20.7 Å². The highest BCUT2D eigenvalue weighted by Crippen LogP contribution is 2.10. The molecular weight excluding hydrogens is 344 g/mol. The molecule has 0 heterocycles. The van der Waals surface area contributed by atoms with Gasteiger partial charge >= 0.3 is 0 Å². The predicted octanol–water partition coefficient (Wildman–Crippen LogP) is 2.19. The summed E-state index contributed by atoms with van der Waals surface area (Å²) in [6.45, 7) is 8.35. The number of nitrogens with zero attached hydrogens (tertiary/aromatic N) is 1. The molecule has 0 saturated carbocycles. The topological polar surface area (TPSA) is 84.0 Å². The van der Waals surface area contributed by atoms with Crippen LogP contribution in [0.2, 0.25) is 0 Å². The highest BCUT2D eigenvalue weighted by molar-refractivity contribution is 5.94. The number of nitrogens with one attached hydrogen (secondary N) is 3. The van der Waals surface area contributed by atoms with Gasteiger partial charge in [-0.25, -0.2) is 0 Å². The summed E-state index contributed by atoms with van der Waals surface area (Å²) < 4.78 is 10.6. The number of methoxy groups -OCH3 is 1. The van der Waals surface area contributed by atoms with Crippen molar-refractivity contribution in [3.63, 3.8) is 0 Å². The van der Waals surface area contributed by atoms with Crippen molar-refractivity contribution in [3.8, 4) is 5.75 Å². The Labute approximate surface area is 162 Å². The second-order valence-electron chi connectivity index (χ2n) is 5.99. The van der Waals surface area contributed by atoms with Gasteiger partial charge in [0.15, 0.2) is 5.96 Å². The van der Waals surface area contributed by atoms with Gasteiger partial charge in [-0.1, -0.05) is 13.3 Å². The van der Waals surface area contributed by atoms with Crippen molar-refractivity contribution in [2.75, 3.05) is 46.5 Å². The van der Waals surface area contributed by atoms with Crippen molar-refractivity contribution >= 4 is 11.9 Å². The zero-order valence-corrected chi connectivity index (χ0v) is 16.8. The van der Waals surface area contributed by atoms with Crippen molar-refractivity contribution in [2.24, 2.45) is 4.99 Å². The molecule has 1 aromatic carbocycles. The number of rotatable bonds is 13. The summed E-state index contributed by atoms with van der Waals surface area (Å²) in [6.07, 6.45) is 3.16. The van der Waals surface area contributed by atoms with Gasteiger partial charge in [-0.3, -0.25) is 9.79 Å². The van der Waals surface area contributed by atoms with Gasteiger partial charge in [-0.05, 0) is 44.0 Å². The molecule has 27 heavy (non-hydrogen) atoms. The van der Waals surface area contributed by atoms with Gasteiger partial charge in [-0.2, -0.15) is 0 Å². The maximum absolute atomic E-state index is 12.1. The summed E-state index contributed by atoms with van der Waals surface area (Å²) in [4.78, 5) is 16.6. The Morgan fingerprint density at radius 1 is 1.00 bits per heavy atom. The monoisotopic (exact) mass is 378 g/mol. The van der Waals surface area contributed by atoms with Crippen molar-refractivity contribution in [3.05, 3.63) is 29.8 Å². The van der Waals surface area contributed by atoms with Crippen molar-refractivity contribution in [2.45, 2.75) is 33.1 Å². The Morgan fingerprint density at radius 2 is 1.70 bits per heavy atom. The third kappa shape index (κ3) is 10.5. The molecule has 0 radical (unpaired) electrons. The second kappa shape index (κ2) is 14.8. The van der Waals surface area contributed by atoms with E-state index < -0.39 is 0 Å². The predicted molar refractivity (Wildman–Crippen MR) is 110 cm³/mol. The summed E-state index contributed by atoms with van der Waals surface area (Å²) >= 11 is 0. The minimum Gasteiger partial charge on any atom is -0.497 e. The number of carbonyl (C=O) groups excluding carboxylic acids is 1. The molecule has 0 bridgehead atoms. The van der Waals surface area contributed by atoms with Crippen LogP contribution in [0.15, 0.2) is 29.3 Å². The fourth-order valence-corrected chi connectivity index (χ4v) is 2.25. The van der Waals surface area contributed by atoms with Crippen LogP contribution in [0.5, 0.6) is 5.75 Å². The third-order valence-electron chi connectivity index (χ3n) is 3.76. The van der Waals surface area contributed by atoms with Crippen molar-refractivity contribution < 1.29 is 14.3 Å². The standard InChI is InChI=1S/C20H34N4O3/c1-4-6-15-27-16-7-12-23-20(21-5-2)24-14-13-22-19(25)17-8-10-18(26-3)11-9-17/h8-11H,4-7,12-16H2,1-3H3,(H,22,25)(H2,21,23,24). The fourth-order valence-electron chi connectivity index (χ4n) is 2.25. The molecule has 3 N–H and O–H groups in total. The number of amides is 1. The van der Waals surface area contributed by atoms with Gasteiger partial charge in [0.25, 0.3) is 5.91 Å². The third-order valence-corrected chi connectivity index (χ3v) is 3.76. The molecule has 1 aromatic rings. The summed E-state index contributed by atoms with van der Waals surface area (Å²) in [6, 6.07) is 7.04. The number of benzene rings is 1. The molecule has 0 saturated heterocycles. The second-order valence-corrected chi connectivity index (χ2v) is 5.99. The van der Waals surface area contributed by atoms with Gasteiger partial charge in [0, 0.05) is 45.0 Å². The van der Waals surface area contributed by atoms with E-state index in [9.17, 15) is 4.79 Å². The number of carbonyl (C=O) groups is 1. The van der Waals surface area contributed by atoms with E-state index in [1.807, 2.05) is 6.92 Å². The molecule has 0 aliphatic rings. The average Bonchev–Trinajstić information content (AvgIpc) is 2.70. The van der Waals surface area contributed by atoms with Crippen LogP contribution in [0.4, 0.5) is 0 Å². The minimum atomic E-state index is -0.106. The normalized spacial score (nSPS) is 11.1. The van der Waals surface area contributed by atoms with Crippen molar-refractivity contribution in [1.82, 2.24) is 16.0 Å². The lowest BCUT2D eigenvalue weighted by atomic mass is 10.2. The molecule has 0 aromatic heterocycles. The van der Waals surface area contributed by atoms with E-state index in [1.54, 1.807) is 31.4 Å². The molecule has 152 valence electrons. The smallest absolute Gasteiger partial charge is 0.251 e. The molecule has 0 fully saturated rings.